The third-order valence-corrected chi connectivity index (χ3v) is 4.20. The number of amides is 1. The van der Waals surface area contributed by atoms with Crippen LogP contribution in [0, 0.1) is 0 Å². The standard InChI is InChI=1S/C16H24N2O.ClH/c1-12(15-7-5-4-6-8-15)11-16(19)18-10-9-17-13(2)14(18)3;/h4-8,12-14,17H,9-11H2,1-3H3;1H. The number of piperazine rings is 1. The molecule has 0 bridgehead atoms. The van der Waals surface area contributed by atoms with Crippen molar-refractivity contribution in [2.75, 3.05) is 13.1 Å². The van der Waals surface area contributed by atoms with Crippen molar-refractivity contribution in [1.29, 1.82) is 0 Å². The Morgan fingerprint density at radius 3 is 2.65 bits per heavy atom. The topological polar surface area (TPSA) is 32.3 Å². The van der Waals surface area contributed by atoms with Gasteiger partial charge in [0.05, 0.1) is 0 Å². The number of nitrogens with one attached hydrogen (secondary N) is 1. The number of rotatable bonds is 3. The Bertz CT molecular complexity index is 424. The molecule has 0 spiro atoms. The minimum absolute atomic E-state index is 0. The van der Waals surface area contributed by atoms with Gasteiger partial charge in [0.1, 0.15) is 0 Å². The lowest BCUT2D eigenvalue weighted by Gasteiger charge is -2.39. The first-order chi connectivity index (χ1) is 9.09. The summed E-state index contributed by atoms with van der Waals surface area (Å²) in [5, 5.41) is 3.41. The molecule has 20 heavy (non-hydrogen) atoms. The molecular formula is C16H25ClN2O. The van der Waals surface area contributed by atoms with E-state index in [0.717, 1.165) is 13.1 Å². The second-order valence-corrected chi connectivity index (χ2v) is 5.59. The minimum Gasteiger partial charge on any atom is -0.337 e. The van der Waals surface area contributed by atoms with E-state index in [-0.39, 0.29) is 30.3 Å². The van der Waals surface area contributed by atoms with Crippen molar-refractivity contribution < 1.29 is 4.79 Å². The van der Waals surface area contributed by atoms with Gasteiger partial charge in [-0.25, -0.2) is 0 Å². The monoisotopic (exact) mass is 296 g/mol. The van der Waals surface area contributed by atoms with Crippen LogP contribution in [-0.2, 0) is 4.79 Å². The first-order valence-corrected chi connectivity index (χ1v) is 7.17. The summed E-state index contributed by atoms with van der Waals surface area (Å²) in [7, 11) is 0. The summed E-state index contributed by atoms with van der Waals surface area (Å²) < 4.78 is 0. The molecule has 3 atom stereocenters. The Balaban J connectivity index is 0.00000200. The fourth-order valence-electron chi connectivity index (χ4n) is 2.69. The summed E-state index contributed by atoms with van der Waals surface area (Å²) in [4.78, 5) is 14.5. The molecule has 3 nitrogen and oxygen atoms in total. The van der Waals surface area contributed by atoms with Gasteiger partial charge >= 0.3 is 0 Å². The molecule has 0 radical (unpaired) electrons. The number of hydrogen-bond donors (Lipinski definition) is 1. The van der Waals surface area contributed by atoms with Gasteiger partial charge in [-0.1, -0.05) is 37.3 Å². The molecule has 1 N–H and O–H groups in total. The first-order valence-electron chi connectivity index (χ1n) is 7.17. The van der Waals surface area contributed by atoms with Crippen molar-refractivity contribution in [1.82, 2.24) is 10.2 Å². The number of hydrogen-bond acceptors (Lipinski definition) is 2. The van der Waals surface area contributed by atoms with E-state index in [9.17, 15) is 4.79 Å². The third-order valence-electron chi connectivity index (χ3n) is 4.20. The van der Waals surface area contributed by atoms with Crippen molar-refractivity contribution >= 4 is 18.3 Å². The van der Waals surface area contributed by atoms with Gasteiger partial charge in [0.25, 0.3) is 0 Å². The third kappa shape index (κ3) is 3.97. The number of nitrogens with zero attached hydrogens (tertiary/aromatic N) is 1. The van der Waals surface area contributed by atoms with Crippen LogP contribution in [0.2, 0.25) is 0 Å². The van der Waals surface area contributed by atoms with Crippen LogP contribution in [0.15, 0.2) is 30.3 Å². The number of benzene rings is 1. The van der Waals surface area contributed by atoms with E-state index >= 15 is 0 Å². The first kappa shape index (κ1) is 17.0. The lowest BCUT2D eigenvalue weighted by molar-refractivity contribution is -0.135. The predicted octanol–water partition coefficient (Wildman–Crippen LogP) is 2.81. The Kier molecular flexibility index (Phi) is 6.50. The second-order valence-electron chi connectivity index (χ2n) is 5.59. The van der Waals surface area contributed by atoms with Crippen LogP contribution < -0.4 is 5.32 Å². The van der Waals surface area contributed by atoms with Crippen LogP contribution >= 0.6 is 12.4 Å². The highest BCUT2D eigenvalue weighted by Crippen LogP contribution is 2.21. The summed E-state index contributed by atoms with van der Waals surface area (Å²) in [6.07, 6.45) is 0.598. The molecule has 2 rings (SSSR count). The van der Waals surface area contributed by atoms with Gasteiger partial charge in [0.15, 0.2) is 0 Å². The Labute approximate surface area is 128 Å². The normalized spacial score (nSPS) is 23.9. The summed E-state index contributed by atoms with van der Waals surface area (Å²) >= 11 is 0. The zero-order valence-corrected chi connectivity index (χ0v) is 13.3. The van der Waals surface area contributed by atoms with Gasteiger partial charge in [-0.05, 0) is 25.3 Å². The van der Waals surface area contributed by atoms with Crippen LogP contribution in [0.5, 0.6) is 0 Å². The maximum absolute atomic E-state index is 12.4. The number of halogens is 1. The molecule has 1 amide bonds. The summed E-state index contributed by atoms with van der Waals surface area (Å²) in [6, 6.07) is 10.9. The van der Waals surface area contributed by atoms with Crippen LogP contribution in [-0.4, -0.2) is 36.0 Å². The molecule has 1 saturated heterocycles. The highest BCUT2D eigenvalue weighted by atomic mass is 35.5. The van der Waals surface area contributed by atoms with Crippen molar-refractivity contribution in [2.45, 2.75) is 45.2 Å². The van der Waals surface area contributed by atoms with Crippen molar-refractivity contribution in [2.24, 2.45) is 0 Å². The summed E-state index contributed by atoms with van der Waals surface area (Å²) in [6.45, 7) is 8.12. The molecular weight excluding hydrogens is 272 g/mol. The maximum Gasteiger partial charge on any atom is 0.223 e. The highest BCUT2D eigenvalue weighted by molar-refractivity contribution is 5.85. The lowest BCUT2D eigenvalue weighted by atomic mass is 9.96. The zero-order valence-electron chi connectivity index (χ0n) is 12.5. The van der Waals surface area contributed by atoms with E-state index in [1.807, 2.05) is 23.1 Å². The molecule has 1 fully saturated rings. The number of carbonyl (C=O) groups excluding carboxylic acids is 1. The fourth-order valence-corrected chi connectivity index (χ4v) is 2.69. The van der Waals surface area contributed by atoms with Gasteiger partial charge < -0.3 is 10.2 Å². The Morgan fingerprint density at radius 1 is 1.35 bits per heavy atom. The van der Waals surface area contributed by atoms with Gasteiger partial charge in [0.2, 0.25) is 5.91 Å². The molecule has 0 aliphatic carbocycles. The SMILES string of the molecule is CC(CC(=O)N1CCNC(C)C1C)c1ccccc1.Cl. The molecule has 1 aliphatic heterocycles. The van der Waals surface area contributed by atoms with Crippen molar-refractivity contribution in [3.8, 4) is 0 Å². The molecule has 1 aromatic rings. The highest BCUT2D eigenvalue weighted by Gasteiger charge is 2.28. The smallest absolute Gasteiger partial charge is 0.223 e. The van der Waals surface area contributed by atoms with E-state index < -0.39 is 0 Å². The Morgan fingerprint density at radius 2 is 2.00 bits per heavy atom. The van der Waals surface area contributed by atoms with Crippen LogP contribution in [0.4, 0.5) is 0 Å². The number of carbonyl (C=O) groups is 1. The second kappa shape index (κ2) is 7.65. The quantitative estimate of drug-likeness (QED) is 0.930. The van der Waals surface area contributed by atoms with Crippen molar-refractivity contribution in [3.05, 3.63) is 35.9 Å². The van der Waals surface area contributed by atoms with E-state index in [0.29, 0.717) is 12.5 Å². The Hall–Kier alpha value is -1.06. The molecule has 0 aromatic heterocycles. The average molecular weight is 297 g/mol. The summed E-state index contributed by atoms with van der Waals surface area (Å²) in [5.41, 5.74) is 1.24. The van der Waals surface area contributed by atoms with Crippen LogP contribution in [0.3, 0.4) is 0 Å². The van der Waals surface area contributed by atoms with Crippen molar-refractivity contribution in [3.63, 3.8) is 0 Å². The van der Waals surface area contributed by atoms with E-state index in [2.05, 4.69) is 38.2 Å². The fraction of sp³-hybridized carbons (Fsp3) is 0.562. The van der Waals surface area contributed by atoms with Crippen LogP contribution in [0.1, 0.15) is 38.7 Å². The molecule has 3 unspecified atom stereocenters. The maximum atomic E-state index is 12.4. The molecule has 4 heteroatoms. The largest absolute Gasteiger partial charge is 0.337 e. The average Bonchev–Trinajstić information content (AvgIpc) is 2.42. The molecule has 112 valence electrons. The predicted molar refractivity (Wildman–Crippen MR) is 85.4 cm³/mol. The molecule has 1 heterocycles. The zero-order chi connectivity index (χ0) is 13.8. The van der Waals surface area contributed by atoms with E-state index in [1.165, 1.54) is 5.56 Å². The minimum atomic E-state index is 0. The molecule has 0 saturated carbocycles. The van der Waals surface area contributed by atoms with Gasteiger partial charge in [-0.15, -0.1) is 12.4 Å². The molecule has 1 aliphatic rings. The van der Waals surface area contributed by atoms with E-state index in [1.54, 1.807) is 0 Å². The van der Waals surface area contributed by atoms with Gasteiger partial charge in [-0.2, -0.15) is 0 Å². The van der Waals surface area contributed by atoms with Gasteiger partial charge in [-0.3, -0.25) is 4.79 Å². The van der Waals surface area contributed by atoms with E-state index in [4.69, 9.17) is 0 Å². The molecule has 1 aromatic carbocycles. The van der Waals surface area contributed by atoms with Gasteiger partial charge in [0, 0.05) is 31.6 Å². The summed E-state index contributed by atoms with van der Waals surface area (Å²) in [5.74, 6) is 0.559. The van der Waals surface area contributed by atoms with Crippen LogP contribution in [0.25, 0.3) is 0 Å². The lowest BCUT2D eigenvalue weighted by Crippen LogP contribution is -2.57.